The molecule has 0 aromatic heterocycles. The van der Waals surface area contributed by atoms with Gasteiger partial charge in [0.05, 0.1) is 25.4 Å². The molecule has 0 radical (unpaired) electrons. The second-order valence-electron chi connectivity index (χ2n) is 4.26. The van der Waals surface area contributed by atoms with Crippen LogP contribution in [0.5, 0.6) is 11.5 Å². The van der Waals surface area contributed by atoms with Gasteiger partial charge in [0, 0.05) is 6.42 Å². The third-order valence-electron chi connectivity index (χ3n) is 2.92. The molecule has 2 N–H and O–H groups in total. The summed E-state index contributed by atoms with van der Waals surface area (Å²) in [7, 11) is 1.83. The number of rotatable bonds is 3. The number of aliphatic hydroxyl groups excluding tert-OH is 1. The van der Waals surface area contributed by atoms with Crippen molar-refractivity contribution in [3.63, 3.8) is 0 Å². The summed E-state index contributed by atoms with van der Waals surface area (Å²) in [6.45, 7) is 3.14. The molecule has 17 heavy (non-hydrogen) atoms. The quantitative estimate of drug-likeness (QED) is 0.836. The molecule has 1 aromatic rings. The van der Waals surface area contributed by atoms with Crippen LogP contribution in [0.2, 0.25) is 0 Å². The predicted octanol–water partition coefficient (Wildman–Crippen LogP) is 1.49. The highest BCUT2D eigenvalue weighted by Gasteiger charge is 2.18. The summed E-state index contributed by atoms with van der Waals surface area (Å²) in [6, 6.07) is 5.71. The number of nitrogens with one attached hydrogen (secondary N) is 1. The van der Waals surface area contributed by atoms with Gasteiger partial charge in [0.25, 0.3) is 0 Å². The smallest absolute Gasteiger partial charge is 0.161 e. The van der Waals surface area contributed by atoms with Crippen LogP contribution in [-0.2, 0) is 0 Å². The lowest BCUT2D eigenvalue weighted by atomic mass is 10.0. The van der Waals surface area contributed by atoms with E-state index in [2.05, 4.69) is 5.32 Å². The molecule has 2 unspecified atom stereocenters. The Morgan fingerprint density at radius 1 is 1.24 bits per heavy atom. The molecule has 94 valence electrons. The number of likely N-dealkylation sites (N-methyl/N-ethyl adjacent to an activating group) is 1. The van der Waals surface area contributed by atoms with Crippen LogP contribution in [0.4, 0.5) is 0 Å². The maximum absolute atomic E-state index is 9.69. The molecule has 1 aliphatic heterocycles. The minimum atomic E-state index is -0.454. The number of hydrogen-bond acceptors (Lipinski definition) is 4. The number of fused-ring (bicyclic) bond motifs is 1. The normalized spacial score (nSPS) is 18.3. The van der Waals surface area contributed by atoms with Gasteiger partial charge in [-0.25, -0.2) is 0 Å². The zero-order valence-electron chi connectivity index (χ0n) is 10.3. The lowest BCUT2D eigenvalue weighted by molar-refractivity contribution is 0.150. The molecule has 4 heteroatoms. The Bertz CT molecular complexity index is 379. The van der Waals surface area contributed by atoms with Crippen molar-refractivity contribution in [3.05, 3.63) is 23.8 Å². The highest BCUT2D eigenvalue weighted by molar-refractivity contribution is 5.44. The first-order valence-corrected chi connectivity index (χ1v) is 5.97. The fourth-order valence-electron chi connectivity index (χ4n) is 2.06. The average molecular weight is 237 g/mol. The van der Waals surface area contributed by atoms with E-state index in [-0.39, 0.29) is 6.04 Å². The van der Waals surface area contributed by atoms with Crippen LogP contribution in [-0.4, -0.2) is 31.5 Å². The number of ether oxygens (including phenoxy) is 2. The third-order valence-corrected chi connectivity index (χ3v) is 2.92. The van der Waals surface area contributed by atoms with Crippen LogP contribution in [0.1, 0.15) is 24.9 Å². The SMILES string of the molecule is CNC(c1ccc2c(c1)OCCCO2)C(C)O. The monoisotopic (exact) mass is 237 g/mol. The maximum atomic E-state index is 9.69. The van der Waals surface area contributed by atoms with E-state index in [0.29, 0.717) is 13.2 Å². The summed E-state index contributed by atoms with van der Waals surface area (Å²) in [5, 5.41) is 12.8. The van der Waals surface area contributed by atoms with Gasteiger partial charge in [0.2, 0.25) is 0 Å². The van der Waals surface area contributed by atoms with Crippen molar-refractivity contribution in [1.82, 2.24) is 5.32 Å². The zero-order chi connectivity index (χ0) is 12.3. The van der Waals surface area contributed by atoms with E-state index >= 15 is 0 Å². The van der Waals surface area contributed by atoms with Crippen molar-refractivity contribution in [2.75, 3.05) is 20.3 Å². The Morgan fingerprint density at radius 2 is 1.94 bits per heavy atom. The van der Waals surface area contributed by atoms with Crippen LogP contribution in [0, 0.1) is 0 Å². The average Bonchev–Trinajstić information content (AvgIpc) is 2.54. The van der Waals surface area contributed by atoms with Gasteiger partial charge >= 0.3 is 0 Å². The molecule has 0 spiro atoms. The minimum absolute atomic E-state index is 0.0906. The van der Waals surface area contributed by atoms with E-state index in [0.717, 1.165) is 23.5 Å². The first-order chi connectivity index (χ1) is 8.22. The van der Waals surface area contributed by atoms with Gasteiger partial charge in [-0.1, -0.05) is 6.07 Å². The maximum Gasteiger partial charge on any atom is 0.161 e. The number of benzene rings is 1. The molecule has 0 amide bonds. The molecular formula is C13H19NO3. The van der Waals surface area contributed by atoms with Gasteiger partial charge < -0.3 is 19.9 Å². The van der Waals surface area contributed by atoms with Crippen LogP contribution in [0.3, 0.4) is 0 Å². The Balaban J connectivity index is 2.28. The standard InChI is InChI=1S/C13H19NO3/c1-9(15)13(14-2)10-4-5-11-12(8-10)17-7-3-6-16-11/h4-5,8-9,13-15H,3,6-7H2,1-2H3. The van der Waals surface area contributed by atoms with Crippen LogP contribution >= 0.6 is 0 Å². The summed E-state index contributed by atoms with van der Waals surface area (Å²) in [5.74, 6) is 1.55. The largest absolute Gasteiger partial charge is 0.490 e. The molecular weight excluding hydrogens is 218 g/mol. The van der Waals surface area contributed by atoms with Crippen molar-refractivity contribution >= 4 is 0 Å². The molecule has 1 heterocycles. The Morgan fingerprint density at radius 3 is 2.59 bits per heavy atom. The third kappa shape index (κ3) is 2.70. The van der Waals surface area contributed by atoms with E-state index in [9.17, 15) is 5.11 Å². The highest BCUT2D eigenvalue weighted by atomic mass is 16.5. The van der Waals surface area contributed by atoms with Crippen LogP contribution in [0.15, 0.2) is 18.2 Å². The zero-order valence-corrected chi connectivity index (χ0v) is 10.3. The second kappa shape index (κ2) is 5.38. The number of hydrogen-bond donors (Lipinski definition) is 2. The number of aliphatic hydroxyl groups is 1. The van der Waals surface area contributed by atoms with E-state index in [4.69, 9.17) is 9.47 Å². The lowest BCUT2D eigenvalue weighted by Crippen LogP contribution is -2.27. The van der Waals surface area contributed by atoms with E-state index in [1.807, 2.05) is 25.2 Å². The molecule has 0 saturated heterocycles. The minimum Gasteiger partial charge on any atom is -0.490 e. The van der Waals surface area contributed by atoms with Crippen LogP contribution < -0.4 is 14.8 Å². The summed E-state index contributed by atoms with van der Waals surface area (Å²) in [5.41, 5.74) is 1.01. The summed E-state index contributed by atoms with van der Waals surface area (Å²) in [4.78, 5) is 0. The van der Waals surface area contributed by atoms with Gasteiger partial charge in [0.1, 0.15) is 0 Å². The Kier molecular flexibility index (Phi) is 3.86. The van der Waals surface area contributed by atoms with Crippen molar-refractivity contribution in [2.24, 2.45) is 0 Å². The fourth-order valence-corrected chi connectivity index (χ4v) is 2.06. The highest BCUT2D eigenvalue weighted by Crippen LogP contribution is 2.32. The van der Waals surface area contributed by atoms with E-state index in [1.54, 1.807) is 6.92 Å². The van der Waals surface area contributed by atoms with Gasteiger partial charge in [-0.05, 0) is 31.7 Å². The van der Waals surface area contributed by atoms with Crippen LogP contribution in [0.25, 0.3) is 0 Å². The topological polar surface area (TPSA) is 50.7 Å². The van der Waals surface area contributed by atoms with Crippen molar-refractivity contribution in [3.8, 4) is 11.5 Å². The predicted molar refractivity (Wildman–Crippen MR) is 65.5 cm³/mol. The van der Waals surface area contributed by atoms with Gasteiger partial charge in [-0.3, -0.25) is 0 Å². The fraction of sp³-hybridized carbons (Fsp3) is 0.538. The molecule has 4 nitrogen and oxygen atoms in total. The Hall–Kier alpha value is -1.26. The molecule has 2 rings (SSSR count). The summed E-state index contributed by atoms with van der Waals surface area (Å²) < 4.78 is 11.2. The van der Waals surface area contributed by atoms with E-state index < -0.39 is 6.10 Å². The molecule has 1 aromatic carbocycles. The summed E-state index contributed by atoms with van der Waals surface area (Å²) >= 11 is 0. The van der Waals surface area contributed by atoms with Crippen molar-refractivity contribution < 1.29 is 14.6 Å². The second-order valence-corrected chi connectivity index (χ2v) is 4.26. The van der Waals surface area contributed by atoms with Gasteiger partial charge in [0.15, 0.2) is 11.5 Å². The van der Waals surface area contributed by atoms with Gasteiger partial charge in [-0.2, -0.15) is 0 Å². The van der Waals surface area contributed by atoms with Crippen molar-refractivity contribution in [1.29, 1.82) is 0 Å². The molecule has 0 aliphatic carbocycles. The molecule has 0 fully saturated rings. The molecule has 2 atom stereocenters. The van der Waals surface area contributed by atoms with Crippen molar-refractivity contribution in [2.45, 2.75) is 25.5 Å². The molecule has 0 bridgehead atoms. The molecule has 1 aliphatic rings. The van der Waals surface area contributed by atoms with E-state index in [1.165, 1.54) is 0 Å². The lowest BCUT2D eigenvalue weighted by Gasteiger charge is -2.20. The summed E-state index contributed by atoms with van der Waals surface area (Å²) in [6.07, 6.45) is 0.445. The first-order valence-electron chi connectivity index (χ1n) is 5.97. The van der Waals surface area contributed by atoms with Gasteiger partial charge in [-0.15, -0.1) is 0 Å². The first kappa shape index (κ1) is 12.2. The molecule has 0 saturated carbocycles. The Labute approximate surface area is 102 Å².